The molecular weight excluding hydrogens is 562 g/mol. The fourth-order valence-corrected chi connectivity index (χ4v) is 6.65. The Morgan fingerprint density at radius 1 is 1.39 bits per heavy atom. The van der Waals surface area contributed by atoms with Gasteiger partial charge in [-0.2, -0.15) is 0 Å². The number of aliphatic carboxylic acids is 1. The molecule has 0 aromatic carbocycles. The van der Waals surface area contributed by atoms with E-state index in [4.69, 9.17) is 16.4 Å². The Labute approximate surface area is 225 Å². The number of hydrogen-bond donors (Lipinski definition) is 5. The maximum atomic E-state index is 13.2. The molecule has 2 fully saturated rings. The summed E-state index contributed by atoms with van der Waals surface area (Å²) in [5.74, 6) is 3.04. The maximum absolute atomic E-state index is 13.2. The van der Waals surface area contributed by atoms with Crippen LogP contribution in [0.1, 0.15) is 12.1 Å². The van der Waals surface area contributed by atoms with E-state index in [0.717, 1.165) is 32.8 Å². The molecule has 38 heavy (non-hydrogen) atoms. The molecule has 1 unspecified atom stereocenters. The van der Waals surface area contributed by atoms with Crippen LogP contribution in [0, 0.1) is 0 Å². The first kappa shape index (κ1) is 25.7. The Hall–Kier alpha value is -3.91. The number of tetrazole rings is 1. The highest BCUT2D eigenvalue weighted by Crippen LogP contribution is 2.41. The zero-order chi connectivity index (χ0) is 27.0. The number of amides is 3. The minimum absolute atomic E-state index is 0.107. The van der Waals surface area contributed by atoms with E-state index in [9.17, 15) is 24.3 Å². The summed E-state index contributed by atoms with van der Waals surface area (Å²) in [5, 5.41) is 30.9. The lowest BCUT2D eigenvalue weighted by Crippen LogP contribution is -2.71. The molecular formula is C18H19N11O6S3. The molecule has 5 rings (SSSR count). The molecule has 0 spiro atoms. The molecule has 3 atom stereocenters. The van der Waals surface area contributed by atoms with E-state index in [2.05, 4.69) is 36.3 Å². The van der Waals surface area contributed by atoms with Gasteiger partial charge in [-0.1, -0.05) is 22.0 Å². The smallest absolute Gasteiger partial charge is 0.352 e. The SMILES string of the molecule is Nc1nc(C(=NOC2CCNC2=O)C(=O)N[C@@H]2C(=O)N3C(C(=O)O)=C(CSc4nnnn4N)CS[C@@H]23)cs1. The molecule has 0 aliphatic carbocycles. The number of carbonyl (C=O) groups is 4. The highest BCUT2D eigenvalue weighted by atomic mass is 32.2. The molecule has 17 nitrogen and oxygen atoms in total. The first-order valence-corrected chi connectivity index (χ1v) is 13.8. The van der Waals surface area contributed by atoms with E-state index in [-0.39, 0.29) is 44.8 Å². The summed E-state index contributed by atoms with van der Waals surface area (Å²) in [5.41, 5.74) is 5.85. The van der Waals surface area contributed by atoms with Crippen molar-refractivity contribution in [1.82, 2.24) is 40.8 Å². The number of aromatic nitrogens is 5. The second kappa shape index (κ2) is 10.5. The molecule has 0 saturated carbocycles. The summed E-state index contributed by atoms with van der Waals surface area (Å²) in [6.07, 6.45) is -0.497. The number of carboxylic acids is 1. The number of oxime groups is 1. The number of fused-ring (bicyclic) bond motifs is 1. The van der Waals surface area contributed by atoms with E-state index >= 15 is 0 Å². The summed E-state index contributed by atoms with van der Waals surface area (Å²) >= 11 is 3.49. The number of nitrogens with zero attached hydrogens (tertiary/aromatic N) is 7. The minimum atomic E-state index is -1.28. The average molecular weight is 582 g/mol. The van der Waals surface area contributed by atoms with Gasteiger partial charge < -0.3 is 32.2 Å². The molecule has 0 radical (unpaired) electrons. The molecule has 3 aliphatic rings. The Morgan fingerprint density at radius 2 is 2.21 bits per heavy atom. The molecule has 3 amide bonds. The van der Waals surface area contributed by atoms with Crippen LogP contribution in [-0.2, 0) is 24.0 Å². The normalized spacial score (nSPS) is 23.1. The Morgan fingerprint density at radius 3 is 2.84 bits per heavy atom. The number of thiazole rings is 1. The topological polar surface area (TPSA) is 246 Å². The van der Waals surface area contributed by atoms with Gasteiger partial charge in [0.15, 0.2) is 10.8 Å². The number of β-lactam (4-membered cyclic amide) rings is 1. The molecule has 3 aliphatic heterocycles. The van der Waals surface area contributed by atoms with Crippen LogP contribution < -0.4 is 22.2 Å². The number of anilines is 1. The van der Waals surface area contributed by atoms with Gasteiger partial charge in [0.25, 0.3) is 17.7 Å². The quantitative estimate of drug-likeness (QED) is 0.0679. The van der Waals surface area contributed by atoms with Gasteiger partial charge in [-0.25, -0.2) is 9.78 Å². The number of nitrogen functional groups attached to an aromatic ring is 2. The predicted molar refractivity (Wildman–Crippen MR) is 134 cm³/mol. The third kappa shape index (κ3) is 4.84. The lowest BCUT2D eigenvalue weighted by molar-refractivity contribution is -0.150. The predicted octanol–water partition coefficient (Wildman–Crippen LogP) is -2.43. The largest absolute Gasteiger partial charge is 0.477 e. The number of nitrogens with one attached hydrogen (secondary N) is 2. The molecule has 2 aromatic rings. The Balaban J connectivity index is 1.31. The Bertz CT molecular complexity index is 1370. The van der Waals surface area contributed by atoms with Crippen LogP contribution in [0.4, 0.5) is 5.13 Å². The van der Waals surface area contributed by atoms with Crippen molar-refractivity contribution in [1.29, 1.82) is 0 Å². The lowest BCUT2D eigenvalue weighted by atomic mass is 10.0. The maximum Gasteiger partial charge on any atom is 0.352 e. The van der Waals surface area contributed by atoms with E-state index < -0.39 is 35.3 Å². The van der Waals surface area contributed by atoms with Crippen LogP contribution >= 0.6 is 34.9 Å². The molecule has 20 heteroatoms. The minimum Gasteiger partial charge on any atom is -0.477 e. The van der Waals surface area contributed by atoms with Crippen molar-refractivity contribution in [2.45, 2.75) is 29.1 Å². The average Bonchev–Trinajstić information content (AvgIpc) is 3.62. The van der Waals surface area contributed by atoms with Crippen molar-refractivity contribution in [2.75, 3.05) is 29.6 Å². The second-order valence-electron chi connectivity index (χ2n) is 8.00. The van der Waals surface area contributed by atoms with E-state index in [1.807, 2.05) is 0 Å². The van der Waals surface area contributed by atoms with Crippen molar-refractivity contribution in [3.05, 3.63) is 22.3 Å². The van der Waals surface area contributed by atoms with Crippen molar-refractivity contribution < 1.29 is 29.1 Å². The summed E-state index contributed by atoms with van der Waals surface area (Å²) in [4.78, 5) is 61.5. The molecule has 200 valence electrons. The molecule has 7 N–H and O–H groups in total. The van der Waals surface area contributed by atoms with Crippen molar-refractivity contribution >= 4 is 69.4 Å². The highest BCUT2D eigenvalue weighted by molar-refractivity contribution is 8.01. The van der Waals surface area contributed by atoms with Crippen LogP contribution in [0.25, 0.3) is 0 Å². The van der Waals surface area contributed by atoms with Crippen molar-refractivity contribution in [3.63, 3.8) is 0 Å². The van der Waals surface area contributed by atoms with Crippen LogP contribution in [0.5, 0.6) is 0 Å². The third-order valence-electron chi connectivity index (χ3n) is 5.62. The van der Waals surface area contributed by atoms with Gasteiger partial charge in [-0.05, 0) is 16.0 Å². The van der Waals surface area contributed by atoms with Crippen LogP contribution in [0.2, 0.25) is 0 Å². The van der Waals surface area contributed by atoms with Crippen LogP contribution in [0.3, 0.4) is 0 Å². The Kier molecular flexibility index (Phi) is 7.08. The van der Waals surface area contributed by atoms with Gasteiger partial charge in [-0.3, -0.25) is 19.3 Å². The molecule has 2 aromatic heterocycles. The number of carboxylic acid groups (broad SMARTS) is 1. The van der Waals surface area contributed by atoms with Gasteiger partial charge in [0.2, 0.25) is 11.3 Å². The third-order valence-corrected chi connectivity index (χ3v) is 8.66. The van der Waals surface area contributed by atoms with Gasteiger partial charge in [0.1, 0.15) is 22.8 Å². The van der Waals surface area contributed by atoms with Gasteiger partial charge in [-0.15, -0.1) is 27.9 Å². The standard InChI is InChI=1S/C18H19N11O6S3/c19-17-22-7(5-37-17)9(25-35-8-1-2-21-12(8)30)13(31)23-10-14(32)28-11(16(33)34)6(3-36-15(10)28)4-38-18-24-26-27-29(18)20/h5,8,10,15H,1-4,20H2,(H2,19,22)(H,21,30)(H,23,31)(H,33,34)/t8?,10-,15+/m1/s1. The van der Waals surface area contributed by atoms with Crippen LogP contribution in [0.15, 0.2) is 27.0 Å². The fourth-order valence-electron chi connectivity index (χ4n) is 3.83. The first-order chi connectivity index (χ1) is 18.2. The second-order valence-corrected chi connectivity index (χ2v) is 10.9. The van der Waals surface area contributed by atoms with Crippen molar-refractivity contribution in [2.24, 2.45) is 5.16 Å². The summed E-state index contributed by atoms with van der Waals surface area (Å²) in [7, 11) is 0. The van der Waals surface area contributed by atoms with Crippen molar-refractivity contribution in [3.8, 4) is 0 Å². The molecule has 2 saturated heterocycles. The van der Waals surface area contributed by atoms with Crippen LogP contribution in [-0.4, -0.2) is 100 Å². The van der Waals surface area contributed by atoms with Gasteiger partial charge in [0, 0.05) is 29.9 Å². The van der Waals surface area contributed by atoms with E-state index in [0.29, 0.717) is 18.5 Å². The number of carbonyl (C=O) groups excluding carboxylic acids is 3. The highest BCUT2D eigenvalue weighted by Gasteiger charge is 2.54. The summed E-state index contributed by atoms with van der Waals surface area (Å²) in [6, 6.07) is -1.02. The summed E-state index contributed by atoms with van der Waals surface area (Å²) in [6.45, 7) is 0.415. The van der Waals surface area contributed by atoms with E-state index in [1.165, 1.54) is 17.1 Å². The lowest BCUT2D eigenvalue weighted by Gasteiger charge is -2.49. The van der Waals surface area contributed by atoms with Gasteiger partial charge >= 0.3 is 5.97 Å². The summed E-state index contributed by atoms with van der Waals surface area (Å²) < 4.78 is 0. The number of hydrogen-bond acceptors (Lipinski definition) is 15. The fraction of sp³-hybridized carbons (Fsp3) is 0.389. The number of nitrogens with two attached hydrogens (primary N) is 2. The number of thioether (sulfide) groups is 2. The zero-order valence-electron chi connectivity index (χ0n) is 19.1. The first-order valence-electron chi connectivity index (χ1n) is 10.8. The molecule has 0 bridgehead atoms. The monoisotopic (exact) mass is 581 g/mol. The number of rotatable bonds is 9. The molecule has 5 heterocycles. The van der Waals surface area contributed by atoms with Gasteiger partial charge in [0.05, 0.1) is 0 Å². The van der Waals surface area contributed by atoms with E-state index in [1.54, 1.807) is 0 Å². The zero-order valence-corrected chi connectivity index (χ0v) is 21.6.